The molecule has 0 fully saturated rings. The van der Waals surface area contributed by atoms with E-state index in [-0.39, 0.29) is 0 Å². The van der Waals surface area contributed by atoms with Crippen molar-refractivity contribution in [2.45, 2.75) is 26.3 Å². The molecule has 0 unspecified atom stereocenters. The molecule has 1 rings (SSSR count). The van der Waals surface area contributed by atoms with E-state index < -0.39 is 0 Å². The fourth-order valence-electron chi connectivity index (χ4n) is 1.50. The molecule has 0 saturated heterocycles. The van der Waals surface area contributed by atoms with E-state index in [1.807, 2.05) is 19.3 Å². The summed E-state index contributed by atoms with van der Waals surface area (Å²) >= 11 is 0. The van der Waals surface area contributed by atoms with Crippen LogP contribution in [0.3, 0.4) is 0 Å². The Labute approximate surface area is 92.5 Å². The Kier molecular flexibility index (Phi) is 5.12. The maximum Gasteiger partial charge on any atom is 0.0564 e. The van der Waals surface area contributed by atoms with Crippen LogP contribution in [0.5, 0.6) is 0 Å². The number of rotatable bonds is 6. The Morgan fingerprint density at radius 3 is 2.93 bits per heavy atom. The zero-order valence-corrected chi connectivity index (χ0v) is 9.95. The van der Waals surface area contributed by atoms with Crippen molar-refractivity contribution in [3.8, 4) is 0 Å². The monoisotopic (exact) mass is 207 g/mol. The molecule has 15 heavy (non-hydrogen) atoms. The number of hydrogen-bond donors (Lipinski definition) is 1. The number of nitrogens with one attached hydrogen (secondary N) is 1. The summed E-state index contributed by atoms with van der Waals surface area (Å²) in [5.41, 5.74) is 2.25. The first-order chi connectivity index (χ1) is 7.26. The number of aromatic nitrogens is 1. The molecular weight excluding hydrogens is 186 g/mol. The van der Waals surface area contributed by atoms with Gasteiger partial charge in [-0.25, -0.2) is 0 Å². The van der Waals surface area contributed by atoms with E-state index in [0.717, 1.165) is 24.5 Å². The Bertz CT molecular complexity index is 286. The van der Waals surface area contributed by atoms with Crippen LogP contribution >= 0.6 is 0 Å². The Hall–Kier alpha value is -1.09. The number of pyridine rings is 1. The predicted molar refractivity (Wildman–Crippen MR) is 65.0 cm³/mol. The minimum Gasteiger partial charge on any atom is -0.388 e. The molecule has 3 heteroatoms. The van der Waals surface area contributed by atoms with Crippen LogP contribution in [0.4, 0.5) is 5.69 Å². The fourth-order valence-corrected chi connectivity index (χ4v) is 1.50. The van der Waals surface area contributed by atoms with Crippen LogP contribution in [-0.4, -0.2) is 30.5 Å². The Morgan fingerprint density at radius 1 is 1.47 bits per heavy atom. The lowest BCUT2D eigenvalue weighted by Crippen LogP contribution is -2.19. The lowest BCUT2D eigenvalue weighted by atomic mass is 10.3. The Morgan fingerprint density at radius 2 is 2.27 bits per heavy atom. The van der Waals surface area contributed by atoms with Crippen molar-refractivity contribution in [2.75, 3.05) is 26.0 Å². The van der Waals surface area contributed by atoms with Crippen molar-refractivity contribution in [1.29, 1.82) is 0 Å². The molecule has 0 saturated carbocycles. The van der Waals surface area contributed by atoms with Gasteiger partial charge in [0.15, 0.2) is 0 Å². The Balaban J connectivity index is 2.48. The van der Waals surface area contributed by atoms with E-state index in [1.165, 1.54) is 12.8 Å². The van der Waals surface area contributed by atoms with E-state index in [0.29, 0.717) is 0 Å². The maximum absolute atomic E-state index is 4.35. The van der Waals surface area contributed by atoms with Gasteiger partial charge in [0.25, 0.3) is 0 Å². The highest BCUT2D eigenvalue weighted by molar-refractivity contribution is 5.42. The molecule has 0 aliphatic heterocycles. The summed E-state index contributed by atoms with van der Waals surface area (Å²) in [7, 11) is 4.07. The zero-order valence-electron chi connectivity index (χ0n) is 9.95. The summed E-state index contributed by atoms with van der Waals surface area (Å²) in [6.45, 7) is 4.28. The number of hydrogen-bond acceptors (Lipinski definition) is 3. The second kappa shape index (κ2) is 6.40. The lowest BCUT2D eigenvalue weighted by Gasteiger charge is -2.15. The molecule has 3 nitrogen and oxygen atoms in total. The second-order valence-corrected chi connectivity index (χ2v) is 3.88. The average molecular weight is 207 g/mol. The smallest absolute Gasteiger partial charge is 0.0564 e. The van der Waals surface area contributed by atoms with Gasteiger partial charge in [-0.2, -0.15) is 0 Å². The summed E-state index contributed by atoms with van der Waals surface area (Å²) in [5.74, 6) is 0. The minimum atomic E-state index is 0.926. The molecule has 0 aromatic carbocycles. The maximum atomic E-state index is 4.35. The van der Waals surface area contributed by atoms with E-state index in [2.05, 4.69) is 35.2 Å². The van der Waals surface area contributed by atoms with Gasteiger partial charge in [0.2, 0.25) is 0 Å². The van der Waals surface area contributed by atoms with Crippen LogP contribution < -0.4 is 5.32 Å². The fraction of sp³-hybridized carbons (Fsp3) is 0.583. The van der Waals surface area contributed by atoms with Gasteiger partial charge in [-0.3, -0.25) is 4.98 Å². The molecule has 0 amide bonds. The van der Waals surface area contributed by atoms with Crippen LogP contribution in [0.25, 0.3) is 0 Å². The summed E-state index contributed by atoms with van der Waals surface area (Å²) < 4.78 is 0. The van der Waals surface area contributed by atoms with Gasteiger partial charge in [0, 0.05) is 25.5 Å². The lowest BCUT2D eigenvalue weighted by molar-refractivity contribution is 0.317. The third kappa shape index (κ3) is 4.30. The van der Waals surface area contributed by atoms with E-state index >= 15 is 0 Å². The molecule has 1 heterocycles. The first-order valence-corrected chi connectivity index (χ1v) is 5.57. The first kappa shape index (κ1) is 12.0. The van der Waals surface area contributed by atoms with Crippen molar-refractivity contribution >= 4 is 5.69 Å². The second-order valence-electron chi connectivity index (χ2n) is 3.88. The van der Waals surface area contributed by atoms with Crippen molar-refractivity contribution in [3.63, 3.8) is 0 Å². The van der Waals surface area contributed by atoms with E-state index in [4.69, 9.17) is 0 Å². The normalized spacial score (nSPS) is 10.7. The van der Waals surface area contributed by atoms with Crippen LogP contribution in [-0.2, 0) is 6.54 Å². The van der Waals surface area contributed by atoms with Gasteiger partial charge in [0.05, 0.1) is 5.69 Å². The topological polar surface area (TPSA) is 28.2 Å². The summed E-state index contributed by atoms with van der Waals surface area (Å²) in [4.78, 5) is 6.66. The molecule has 84 valence electrons. The van der Waals surface area contributed by atoms with Gasteiger partial charge >= 0.3 is 0 Å². The molecule has 0 aliphatic rings. The molecule has 0 atom stereocenters. The molecule has 0 radical (unpaired) electrons. The molecule has 0 aliphatic carbocycles. The highest BCUT2D eigenvalue weighted by Crippen LogP contribution is 2.08. The van der Waals surface area contributed by atoms with Gasteiger partial charge in [-0.05, 0) is 32.1 Å². The molecular formula is C12H21N3. The molecule has 0 bridgehead atoms. The van der Waals surface area contributed by atoms with E-state index in [1.54, 1.807) is 0 Å². The third-order valence-electron chi connectivity index (χ3n) is 2.43. The molecule has 1 aromatic heterocycles. The standard InChI is InChI=1S/C12H21N3/c1-4-5-8-15(3)10-12-9-11(13-2)6-7-14-12/h6-7,9H,4-5,8,10H2,1-3H3,(H,13,14). The average Bonchev–Trinajstić information content (AvgIpc) is 2.26. The number of nitrogens with zero attached hydrogens (tertiary/aromatic N) is 2. The largest absolute Gasteiger partial charge is 0.388 e. The van der Waals surface area contributed by atoms with Crippen LogP contribution in [0.2, 0.25) is 0 Å². The SMILES string of the molecule is CCCCN(C)Cc1cc(NC)ccn1. The number of unbranched alkanes of at least 4 members (excludes halogenated alkanes) is 1. The van der Waals surface area contributed by atoms with Crippen molar-refractivity contribution in [1.82, 2.24) is 9.88 Å². The minimum absolute atomic E-state index is 0.926. The van der Waals surface area contributed by atoms with Gasteiger partial charge in [-0.1, -0.05) is 13.3 Å². The highest BCUT2D eigenvalue weighted by Gasteiger charge is 2.01. The van der Waals surface area contributed by atoms with Crippen LogP contribution in [0, 0.1) is 0 Å². The summed E-state index contributed by atoms with van der Waals surface area (Å²) in [6, 6.07) is 4.08. The van der Waals surface area contributed by atoms with Crippen LogP contribution in [0.1, 0.15) is 25.5 Å². The van der Waals surface area contributed by atoms with Crippen molar-refractivity contribution < 1.29 is 0 Å². The zero-order chi connectivity index (χ0) is 11.1. The van der Waals surface area contributed by atoms with Crippen LogP contribution in [0.15, 0.2) is 18.3 Å². The molecule has 1 aromatic rings. The quantitative estimate of drug-likeness (QED) is 0.776. The predicted octanol–water partition coefficient (Wildman–Crippen LogP) is 2.36. The van der Waals surface area contributed by atoms with Gasteiger partial charge in [-0.15, -0.1) is 0 Å². The molecule has 1 N–H and O–H groups in total. The van der Waals surface area contributed by atoms with E-state index in [9.17, 15) is 0 Å². The van der Waals surface area contributed by atoms with Crippen molar-refractivity contribution in [3.05, 3.63) is 24.0 Å². The van der Waals surface area contributed by atoms with Crippen molar-refractivity contribution in [2.24, 2.45) is 0 Å². The third-order valence-corrected chi connectivity index (χ3v) is 2.43. The summed E-state index contributed by atoms with van der Waals surface area (Å²) in [6.07, 6.45) is 4.35. The molecule has 0 spiro atoms. The number of anilines is 1. The highest BCUT2D eigenvalue weighted by atomic mass is 15.1. The van der Waals surface area contributed by atoms with Gasteiger partial charge in [0.1, 0.15) is 0 Å². The summed E-state index contributed by atoms with van der Waals surface area (Å²) in [5, 5.41) is 3.13. The first-order valence-electron chi connectivity index (χ1n) is 5.57. The van der Waals surface area contributed by atoms with Gasteiger partial charge < -0.3 is 10.2 Å².